The van der Waals surface area contributed by atoms with Gasteiger partial charge in [0.15, 0.2) is 0 Å². The topological polar surface area (TPSA) is 53.0 Å². The summed E-state index contributed by atoms with van der Waals surface area (Å²) in [5.74, 6) is 0. The SMILES string of the molecule is CCC1(C)CCN(CCCC(C)(N)C#N)CC1. The third-order valence-corrected chi connectivity index (χ3v) is 4.34. The summed E-state index contributed by atoms with van der Waals surface area (Å²) in [5.41, 5.74) is 5.73. The van der Waals surface area contributed by atoms with Crippen LogP contribution in [0.15, 0.2) is 0 Å². The Hall–Kier alpha value is -0.590. The summed E-state index contributed by atoms with van der Waals surface area (Å²) in [5, 5.41) is 8.84. The van der Waals surface area contributed by atoms with Crippen molar-refractivity contribution in [3.05, 3.63) is 0 Å². The minimum absolute atomic E-state index is 0.561. The molecule has 0 aromatic carbocycles. The van der Waals surface area contributed by atoms with Crippen LogP contribution in [0, 0.1) is 16.7 Å². The molecule has 0 spiro atoms. The van der Waals surface area contributed by atoms with Crippen molar-refractivity contribution in [2.75, 3.05) is 19.6 Å². The van der Waals surface area contributed by atoms with Gasteiger partial charge >= 0.3 is 0 Å². The van der Waals surface area contributed by atoms with Crippen molar-refractivity contribution < 1.29 is 0 Å². The molecule has 0 aliphatic carbocycles. The molecule has 0 radical (unpaired) electrons. The quantitative estimate of drug-likeness (QED) is 0.799. The van der Waals surface area contributed by atoms with Crippen molar-refractivity contribution in [1.29, 1.82) is 5.26 Å². The Balaban J connectivity index is 2.22. The monoisotopic (exact) mass is 237 g/mol. The van der Waals surface area contributed by atoms with Crippen LogP contribution in [0.25, 0.3) is 0 Å². The lowest BCUT2D eigenvalue weighted by molar-refractivity contribution is 0.112. The van der Waals surface area contributed by atoms with Crippen molar-refractivity contribution in [1.82, 2.24) is 4.90 Å². The largest absolute Gasteiger partial charge is 0.314 e. The third-order valence-electron chi connectivity index (χ3n) is 4.34. The molecular weight excluding hydrogens is 210 g/mol. The van der Waals surface area contributed by atoms with E-state index in [-0.39, 0.29) is 0 Å². The van der Waals surface area contributed by atoms with Gasteiger partial charge < -0.3 is 10.6 Å². The molecule has 0 aromatic heterocycles. The molecule has 0 aromatic rings. The van der Waals surface area contributed by atoms with Crippen LogP contribution >= 0.6 is 0 Å². The number of hydrogen-bond acceptors (Lipinski definition) is 3. The Bertz CT molecular complexity index is 270. The summed E-state index contributed by atoms with van der Waals surface area (Å²) in [4.78, 5) is 2.52. The molecular formula is C14H27N3. The highest BCUT2D eigenvalue weighted by molar-refractivity contribution is 5.00. The van der Waals surface area contributed by atoms with E-state index in [4.69, 9.17) is 11.0 Å². The molecule has 0 bridgehead atoms. The van der Waals surface area contributed by atoms with Crippen LogP contribution < -0.4 is 5.73 Å². The van der Waals surface area contributed by atoms with Gasteiger partial charge in [-0.2, -0.15) is 5.26 Å². The number of hydrogen-bond donors (Lipinski definition) is 1. The summed E-state index contributed by atoms with van der Waals surface area (Å²) >= 11 is 0. The first-order valence-corrected chi connectivity index (χ1v) is 6.83. The van der Waals surface area contributed by atoms with Crippen LogP contribution in [0.4, 0.5) is 0 Å². The molecule has 3 heteroatoms. The summed E-state index contributed by atoms with van der Waals surface area (Å²) in [7, 11) is 0. The van der Waals surface area contributed by atoms with E-state index < -0.39 is 5.54 Å². The highest BCUT2D eigenvalue weighted by Gasteiger charge is 2.28. The molecule has 1 fully saturated rings. The van der Waals surface area contributed by atoms with Gasteiger partial charge in [-0.05, 0) is 57.7 Å². The van der Waals surface area contributed by atoms with Crippen LogP contribution in [-0.2, 0) is 0 Å². The van der Waals surface area contributed by atoms with Crippen molar-refractivity contribution in [2.24, 2.45) is 11.1 Å². The van der Waals surface area contributed by atoms with Crippen molar-refractivity contribution in [3.63, 3.8) is 0 Å². The molecule has 0 saturated carbocycles. The lowest BCUT2D eigenvalue weighted by Gasteiger charge is -2.39. The fourth-order valence-electron chi connectivity index (χ4n) is 2.40. The van der Waals surface area contributed by atoms with Crippen LogP contribution in [0.3, 0.4) is 0 Å². The average Bonchev–Trinajstić information content (AvgIpc) is 2.32. The number of likely N-dealkylation sites (tertiary alicyclic amines) is 1. The fourth-order valence-corrected chi connectivity index (χ4v) is 2.40. The number of rotatable bonds is 5. The van der Waals surface area contributed by atoms with Crippen LogP contribution in [0.2, 0.25) is 0 Å². The predicted molar refractivity (Wildman–Crippen MR) is 71.5 cm³/mol. The molecule has 1 rings (SSSR count). The molecule has 1 aliphatic rings. The van der Waals surface area contributed by atoms with Crippen LogP contribution in [-0.4, -0.2) is 30.1 Å². The first-order chi connectivity index (χ1) is 7.91. The molecule has 0 amide bonds. The van der Waals surface area contributed by atoms with E-state index in [1.807, 2.05) is 6.92 Å². The van der Waals surface area contributed by atoms with E-state index in [0.29, 0.717) is 5.41 Å². The Morgan fingerprint density at radius 2 is 2.00 bits per heavy atom. The maximum atomic E-state index is 8.84. The van der Waals surface area contributed by atoms with Gasteiger partial charge in [0.2, 0.25) is 0 Å². The van der Waals surface area contributed by atoms with Crippen molar-refractivity contribution in [2.45, 2.75) is 58.4 Å². The predicted octanol–water partition coefficient (Wildman–Crippen LogP) is 2.52. The number of nitriles is 1. The summed E-state index contributed by atoms with van der Waals surface area (Å²) in [6.45, 7) is 10.0. The molecule has 1 saturated heterocycles. The molecule has 1 atom stereocenters. The van der Waals surface area contributed by atoms with Gasteiger partial charge in [0.05, 0.1) is 6.07 Å². The number of piperidine rings is 1. The smallest absolute Gasteiger partial charge is 0.101 e. The zero-order valence-electron chi connectivity index (χ0n) is 11.6. The lowest BCUT2D eigenvalue weighted by Crippen LogP contribution is -2.40. The maximum absolute atomic E-state index is 8.84. The van der Waals surface area contributed by atoms with Gasteiger partial charge in [0, 0.05) is 0 Å². The standard InChI is InChI=1S/C14H27N3/c1-4-13(2)7-10-17(11-8-13)9-5-6-14(3,16)12-15/h4-11,16H2,1-3H3. The van der Waals surface area contributed by atoms with Gasteiger partial charge in [-0.3, -0.25) is 0 Å². The Kier molecular flexibility index (Phi) is 4.97. The van der Waals surface area contributed by atoms with Gasteiger partial charge in [0.1, 0.15) is 5.54 Å². The minimum Gasteiger partial charge on any atom is -0.314 e. The number of nitrogens with zero attached hydrogens (tertiary/aromatic N) is 2. The highest BCUT2D eigenvalue weighted by atomic mass is 15.1. The van der Waals surface area contributed by atoms with E-state index in [1.165, 1.54) is 32.4 Å². The lowest BCUT2D eigenvalue weighted by atomic mass is 9.78. The van der Waals surface area contributed by atoms with Gasteiger partial charge in [0.25, 0.3) is 0 Å². The molecule has 1 aliphatic heterocycles. The van der Waals surface area contributed by atoms with E-state index in [1.54, 1.807) is 0 Å². The zero-order chi connectivity index (χ0) is 12.9. The van der Waals surface area contributed by atoms with E-state index in [2.05, 4.69) is 24.8 Å². The van der Waals surface area contributed by atoms with Gasteiger partial charge in [-0.1, -0.05) is 20.3 Å². The van der Waals surface area contributed by atoms with E-state index >= 15 is 0 Å². The highest BCUT2D eigenvalue weighted by Crippen LogP contribution is 2.33. The van der Waals surface area contributed by atoms with Crippen LogP contribution in [0.5, 0.6) is 0 Å². The van der Waals surface area contributed by atoms with E-state index in [0.717, 1.165) is 19.4 Å². The Labute approximate surface area is 106 Å². The molecule has 1 unspecified atom stereocenters. The zero-order valence-corrected chi connectivity index (χ0v) is 11.6. The third kappa shape index (κ3) is 4.65. The fraction of sp³-hybridized carbons (Fsp3) is 0.929. The molecule has 3 nitrogen and oxygen atoms in total. The molecule has 2 N–H and O–H groups in total. The average molecular weight is 237 g/mol. The second-order valence-corrected chi connectivity index (χ2v) is 6.14. The Morgan fingerprint density at radius 1 is 1.41 bits per heavy atom. The summed E-state index contributed by atoms with van der Waals surface area (Å²) in [6.07, 6.45) is 5.73. The second kappa shape index (κ2) is 5.84. The van der Waals surface area contributed by atoms with Gasteiger partial charge in [-0.25, -0.2) is 0 Å². The van der Waals surface area contributed by atoms with Gasteiger partial charge in [-0.15, -0.1) is 0 Å². The van der Waals surface area contributed by atoms with E-state index in [9.17, 15) is 0 Å². The Morgan fingerprint density at radius 3 is 2.47 bits per heavy atom. The molecule has 98 valence electrons. The normalized spacial score (nSPS) is 23.9. The van der Waals surface area contributed by atoms with Crippen molar-refractivity contribution in [3.8, 4) is 6.07 Å². The van der Waals surface area contributed by atoms with Crippen LogP contribution in [0.1, 0.15) is 52.9 Å². The molecule has 1 heterocycles. The first kappa shape index (κ1) is 14.5. The maximum Gasteiger partial charge on any atom is 0.101 e. The molecule has 17 heavy (non-hydrogen) atoms. The number of nitrogens with two attached hydrogens (primary N) is 1. The summed E-state index contributed by atoms with van der Waals surface area (Å²) < 4.78 is 0. The first-order valence-electron chi connectivity index (χ1n) is 6.83. The van der Waals surface area contributed by atoms with Crippen molar-refractivity contribution >= 4 is 0 Å². The second-order valence-electron chi connectivity index (χ2n) is 6.14. The minimum atomic E-state index is -0.645. The summed E-state index contributed by atoms with van der Waals surface area (Å²) in [6, 6.07) is 2.16.